The van der Waals surface area contributed by atoms with Gasteiger partial charge in [-0.15, -0.1) is 0 Å². The standard InChI is InChI=1S/C21H18N4O7S/c26-20-19(33-21(27)23(20)13-15-3-1-2-4-16(15)24(28)29)12-14-5-6-17(18(11-14)25(30)31)22-7-9-32-10-8-22/h1-6,11-12H,7-10,13H2/b19-12-. The fraction of sp³-hybridized carbons (Fsp3) is 0.238. The molecule has 2 aliphatic rings. The van der Waals surface area contributed by atoms with Crippen LogP contribution in [0.5, 0.6) is 0 Å². The summed E-state index contributed by atoms with van der Waals surface area (Å²) in [4.78, 5) is 50.0. The second-order valence-electron chi connectivity index (χ2n) is 7.26. The molecule has 2 amide bonds. The van der Waals surface area contributed by atoms with Crippen LogP contribution in [0, 0.1) is 20.2 Å². The zero-order valence-corrected chi connectivity index (χ0v) is 18.0. The Morgan fingerprint density at radius 2 is 1.70 bits per heavy atom. The normalized spacial score (nSPS) is 17.6. The number of amides is 2. The number of morpholine rings is 1. The van der Waals surface area contributed by atoms with Gasteiger partial charge in [-0.05, 0) is 29.5 Å². The van der Waals surface area contributed by atoms with Crippen molar-refractivity contribution in [3.8, 4) is 0 Å². The van der Waals surface area contributed by atoms with E-state index in [0.717, 1.165) is 4.90 Å². The molecule has 0 radical (unpaired) electrons. The Labute approximate surface area is 191 Å². The number of thioether (sulfide) groups is 1. The Morgan fingerprint density at radius 3 is 2.39 bits per heavy atom. The summed E-state index contributed by atoms with van der Waals surface area (Å²) in [5.74, 6) is -0.608. The van der Waals surface area contributed by atoms with E-state index in [-0.39, 0.29) is 28.4 Å². The summed E-state index contributed by atoms with van der Waals surface area (Å²) in [6.07, 6.45) is 1.42. The number of hydrogen-bond acceptors (Lipinski definition) is 9. The highest BCUT2D eigenvalue weighted by Crippen LogP contribution is 2.36. The second kappa shape index (κ2) is 9.38. The SMILES string of the molecule is O=C1S/C(=C\c2ccc(N3CCOCC3)c([N+](=O)[O-])c2)C(=O)N1Cc1ccccc1[N+](=O)[O-]. The molecule has 0 unspecified atom stereocenters. The molecule has 2 fully saturated rings. The van der Waals surface area contributed by atoms with Crippen LogP contribution in [-0.4, -0.2) is 52.2 Å². The van der Waals surface area contributed by atoms with Gasteiger partial charge >= 0.3 is 0 Å². The molecule has 2 aliphatic heterocycles. The maximum Gasteiger partial charge on any atom is 0.293 e. The zero-order valence-electron chi connectivity index (χ0n) is 17.2. The van der Waals surface area contributed by atoms with Crippen LogP contribution in [0.3, 0.4) is 0 Å². The van der Waals surface area contributed by atoms with Crippen molar-refractivity contribution in [2.75, 3.05) is 31.2 Å². The van der Waals surface area contributed by atoms with Crippen LogP contribution in [0.15, 0.2) is 47.4 Å². The van der Waals surface area contributed by atoms with E-state index in [2.05, 4.69) is 0 Å². The molecule has 0 N–H and O–H groups in total. The van der Waals surface area contributed by atoms with E-state index >= 15 is 0 Å². The summed E-state index contributed by atoms with van der Waals surface area (Å²) < 4.78 is 5.29. The third-order valence-electron chi connectivity index (χ3n) is 5.24. The number of anilines is 1. The largest absolute Gasteiger partial charge is 0.378 e. The van der Waals surface area contributed by atoms with Gasteiger partial charge < -0.3 is 9.64 Å². The molecule has 2 aromatic carbocycles. The third-order valence-corrected chi connectivity index (χ3v) is 6.14. The Bertz CT molecular complexity index is 1180. The zero-order chi connectivity index (χ0) is 23.5. The first-order valence-corrected chi connectivity index (χ1v) is 10.8. The predicted octanol–water partition coefficient (Wildman–Crippen LogP) is 3.58. The molecule has 0 bridgehead atoms. The fourth-order valence-electron chi connectivity index (χ4n) is 3.63. The summed E-state index contributed by atoms with van der Waals surface area (Å²) in [6, 6.07) is 10.5. The van der Waals surface area contributed by atoms with E-state index in [0.29, 0.717) is 49.3 Å². The van der Waals surface area contributed by atoms with Crippen molar-refractivity contribution in [1.29, 1.82) is 0 Å². The van der Waals surface area contributed by atoms with E-state index in [1.54, 1.807) is 18.2 Å². The number of para-hydroxylation sites is 1. The van der Waals surface area contributed by atoms with Crippen molar-refractivity contribution in [2.24, 2.45) is 0 Å². The Morgan fingerprint density at radius 1 is 1.00 bits per heavy atom. The number of carbonyl (C=O) groups excluding carboxylic acids is 2. The second-order valence-corrected chi connectivity index (χ2v) is 8.25. The number of hydrogen-bond donors (Lipinski definition) is 0. The predicted molar refractivity (Wildman–Crippen MR) is 121 cm³/mol. The van der Waals surface area contributed by atoms with Gasteiger partial charge in [0.1, 0.15) is 5.69 Å². The van der Waals surface area contributed by atoms with Crippen molar-refractivity contribution in [3.63, 3.8) is 0 Å². The van der Waals surface area contributed by atoms with Gasteiger partial charge in [-0.3, -0.25) is 34.7 Å². The number of rotatable bonds is 6. The first-order chi connectivity index (χ1) is 15.8. The van der Waals surface area contributed by atoms with Crippen LogP contribution in [-0.2, 0) is 16.1 Å². The molecule has 0 aromatic heterocycles. The minimum atomic E-state index is -0.608. The summed E-state index contributed by atoms with van der Waals surface area (Å²) in [6.45, 7) is 1.78. The molecule has 0 atom stereocenters. The van der Waals surface area contributed by atoms with E-state index in [9.17, 15) is 29.8 Å². The Balaban J connectivity index is 1.59. The van der Waals surface area contributed by atoms with Gasteiger partial charge in [0, 0.05) is 30.8 Å². The number of nitro groups is 2. The molecule has 2 aromatic rings. The quantitative estimate of drug-likeness (QED) is 0.352. The lowest BCUT2D eigenvalue weighted by atomic mass is 10.1. The molecule has 2 heterocycles. The van der Waals surface area contributed by atoms with Crippen molar-refractivity contribution in [1.82, 2.24) is 4.90 Å². The van der Waals surface area contributed by atoms with Gasteiger partial charge in [0.15, 0.2) is 0 Å². The first-order valence-electron chi connectivity index (χ1n) is 9.94. The molecule has 4 rings (SSSR count). The maximum absolute atomic E-state index is 12.8. The highest BCUT2D eigenvalue weighted by atomic mass is 32.2. The molecule has 0 saturated carbocycles. The van der Waals surface area contributed by atoms with E-state index in [4.69, 9.17) is 4.74 Å². The number of ether oxygens (including phenoxy) is 1. The van der Waals surface area contributed by atoms with Crippen LogP contribution in [0.25, 0.3) is 6.08 Å². The minimum Gasteiger partial charge on any atom is -0.378 e. The molecule has 12 heteroatoms. The molecule has 0 spiro atoms. The lowest BCUT2D eigenvalue weighted by Gasteiger charge is -2.28. The van der Waals surface area contributed by atoms with Crippen LogP contribution in [0.4, 0.5) is 21.9 Å². The van der Waals surface area contributed by atoms with Gasteiger partial charge in [-0.1, -0.05) is 24.3 Å². The average Bonchev–Trinajstić information content (AvgIpc) is 3.07. The number of carbonyl (C=O) groups is 2. The van der Waals surface area contributed by atoms with Gasteiger partial charge in [0.25, 0.3) is 22.5 Å². The summed E-state index contributed by atoms with van der Waals surface area (Å²) >= 11 is 0.689. The maximum atomic E-state index is 12.8. The van der Waals surface area contributed by atoms with E-state index in [1.165, 1.54) is 30.3 Å². The van der Waals surface area contributed by atoms with Crippen LogP contribution in [0.1, 0.15) is 11.1 Å². The minimum absolute atomic E-state index is 0.0898. The monoisotopic (exact) mass is 470 g/mol. The topological polar surface area (TPSA) is 136 Å². The van der Waals surface area contributed by atoms with Gasteiger partial charge in [0.2, 0.25) is 0 Å². The molecular formula is C21H18N4O7S. The van der Waals surface area contributed by atoms with Crippen LogP contribution in [0.2, 0.25) is 0 Å². The van der Waals surface area contributed by atoms with Gasteiger partial charge in [0.05, 0.1) is 34.5 Å². The summed E-state index contributed by atoms with van der Waals surface area (Å²) in [5, 5.41) is 22.3. The number of nitro benzene ring substituents is 2. The first kappa shape index (κ1) is 22.4. The molecule has 33 heavy (non-hydrogen) atoms. The van der Waals surface area contributed by atoms with Crippen LogP contribution < -0.4 is 4.90 Å². The van der Waals surface area contributed by atoms with E-state index < -0.39 is 21.0 Å². The Kier molecular flexibility index (Phi) is 6.38. The fourth-order valence-corrected chi connectivity index (χ4v) is 4.47. The van der Waals surface area contributed by atoms with Gasteiger partial charge in [-0.2, -0.15) is 0 Å². The van der Waals surface area contributed by atoms with Crippen molar-refractivity contribution >= 4 is 46.0 Å². The smallest absolute Gasteiger partial charge is 0.293 e. The summed E-state index contributed by atoms with van der Waals surface area (Å²) in [7, 11) is 0. The molecule has 2 saturated heterocycles. The number of benzene rings is 2. The lowest BCUT2D eigenvalue weighted by Crippen LogP contribution is -2.36. The lowest BCUT2D eigenvalue weighted by molar-refractivity contribution is -0.385. The Hall–Kier alpha value is -3.77. The summed E-state index contributed by atoms with van der Waals surface area (Å²) in [5.41, 5.74) is 0.802. The molecule has 170 valence electrons. The van der Waals surface area contributed by atoms with Crippen LogP contribution >= 0.6 is 11.8 Å². The molecule has 0 aliphatic carbocycles. The highest BCUT2D eigenvalue weighted by molar-refractivity contribution is 8.18. The molecule has 11 nitrogen and oxygen atoms in total. The third kappa shape index (κ3) is 4.71. The van der Waals surface area contributed by atoms with Crippen molar-refractivity contribution in [2.45, 2.75) is 6.54 Å². The number of nitrogens with zero attached hydrogens (tertiary/aromatic N) is 4. The van der Waals surface area contributed by atoms with Crippen molar-refractivity contribution in [3.05, 3.63) is 78.7 Å². The average molecular weight is 470 g/mol. The van der Waals surface area contributed by atoms with Crippen molar-refractivity contribution < 1.29 is 24.2 Å². The van der Waals surface area contributed by atoms with Gasteiger partial charge in [-0.25, -0.2) is 0 Å². The highest BCUT2D eigenvalue weighted by Gasteiger charge is 2.36. The number of imide groups is 1. The van der Waals surface area contributed by atoms with E-state index in [1.807, 2.05) is 4.90 Å². The molecular weight excluding hydrogens is 452 g/mol.